The molecule has 0 aliphatic carbocycles. The Morgan fingerprint density at radius 3 is 2.20 bits per heavy atom. The van der Waals surface area contributed by atoms with Crippen LogP contribution in [0.1, 0.15) is 20.3 Å². The molecule has 10 heavy (non-hydrogen) atoms. The Morgan fingerprint density at radius 2 is 1.90 bits per heavy atom. The predicted octanol–water partition coefficient (Wildman–Crippen LogP) is 0.387. The molecule has 2 nitrogen and oxygen atoms in total. The van der Waals surface area contributed by atoms with Gasteiger partial charge in [0, 0.05) is 0 Å². The van der Waals surface area contributed by atoms with E-state index in [4.69, 9.17) is 16.6 Å². The summed E-state index contributed by atoms with van der Waals surface area (Å²) in [7, 11) is 0. The highest BCUT2D eigenvalue weighted by atomic mass is 16.3. The van der Waals surface area contributed by atoms with Crippen molar-refractivity contribution in [2.75, 3.05) is 0 Å². The first kappa shape index (κ1) is 9.48. The maximum absolute atomic E-state index is 9.10. The molecule has 58 valence electrons. The van der Waals surface area contributed by atoms with Crippen molar-refractivity contribution in [1.29, 1.82) is 0 Å². The standard InChI is InChI=1S/C8H14O2/c1-4-7(9)8(10)5-6(2)3/h1,6-10H,5H2,2-3H3/t7-,8-/m1/s1. The van der Waals surface area contributed by atoms with E-state index in [1.165, 1.54) is 0 Å². The van der Waals surface area contributed by atoms with Crippen LogP contribution in [-0.4, -0.2) is 22.4 Å². The van der Waals surface area contributed by atoms with Crippen molar-refractivity contribution in [2.24, 2.45) is 5.92 Å². The summed E-state index contributed by atoms with van der Waals surface area (Å²) in [5, 5.41) is 18.0. The highest BCUT2D eigenvalue weighted by Gasteiger charge is 2.13. The summed E-state index contributed by atoms with van der Waals surface area (Å²) < 4.78 is 0. The average molecular weight is 142 g/mol. The number of aliphatic hydroxyl groups excluding tert-OH is 2. The van der Waals surface area contributed by atoms with Gasteiger partial charge < -0.3 is 10.2 Å². The Labute approximate surface area is 61.9 Å². The molecule has 0 bridgehead atoms. The zero-order chi connectivity index (χ0) is 8.15. The maximum atomic E-state index is 9.10. The van der Waals surface area contributed by atoms with Crippen molar-refractivity contribution in [3.63, 3.8) is 0 Å². The molecule has 0 unspecified atom stereocenters. The van der Waals surface area contributed by atoms with Crippen LogP contribution in [0.25, 0.3) is 0 Å². The van der Waals surface area contributed by atoms with Crippen molar-refractivity contribution in [3.05, 3.63) is 0 Å². The van der Waals surface area contributed by atoms with Crippen LogP contribution in [0, 0.1) is 18.3 Å². The van der Waals surface area contributed by atoms with Crippen LogP contribution in [0.4, 0.5) is 0 Å². The summed E-state index contributed by atoms with van der Waals surface area (Å²) in [4.78, 5) is 0. The van der Waals surface area contributed by atoms with E-state index in [0.717, 1.165) is 0 Å². The lowest BCUT2D eigenvalue weighted by atomic mass is 10.0. The van der Waals surface area contributed by atoms with Crippen LogP contribution >= 0.6 is 0 Å². The zero-order valence-electron chi connectivity index (χ0n) is 6.41. The normalized spacial score (nSPS) is 16.4. The van der Waals surface area contributed by atoms with Crippen molar-refractivity contribution >= 4 is 0 Å². The average Bonchev–Trinajstić information content (AvgIpc) is 1.85. The third-order valence-corrected chi connectivity index (χ3v) is 1.25. The minimum Gasteiger partial charge on any atom is -0.389 e. The van der Waals surface area contributed by atoms with Gasteiger partial charge in [-0.15, -0.1) is 6.42 Å². The molecule has 0 aromatic heterocycles. The van der Waals surface area contributed by atoms with Gasteiger partial charge in [-0.25, -0.2) is 0 Å². The van der Waals surface area contributed by atoms with Crippen molar-refractivity contribution < 1.29 is 10.2 Å². The first-order valence-corrected chi connectivity index (χ1v) is 3.40. The van der Waals surface area contributed by atoms with E-state index < -0.39 is 12.2 Å². The second-order valence-corrected chi connectivity index (χ2v) is 2.81. The van der Waals surface area contributed by atoms with Gasteiger partial charge in [-0.2, -0.15) is 0 Å². The fourth-order valence-electron chi connectivity index (χ4n) is 0.723. The number of aliphatic hydroxyl groups is 2. The lowest BCUT2D eigenvalue weighted by Crippen LogP contribution is -2.25. The SMILES string of the molecule is C#C[C@@H](O)[C@H](O)CC(C)C. The molecule has 0 aromatic carbocycles. The molecule has 0 rings (SSSR count). The molecule has 0 spiro atoms. The van der Waals surface area contributed by atoms with Crippen LogP contribution in [-0.2, 0) is 0 Å². The first-order chi connectivity index (χ1) is 4.57. The molecule has 2 N–H and O–H groups in total. The lowest BCUT2D eigenvalue weighted by molar-refractivity contribution is 0.0404. The lowest BCUT2D eigenvalue weighted by Gasteiger charge is -2.14. The maximum Gasteiger partial charge on any atom is 0.140 e. The summed E-state index contributed by atoms with van der Waals surface area (Å²) in [6, 6.07) is 0. The van der Waals surface area contributed by atoms with E-state index in [1.54, 1.807) is 0 Å². The number of hydrogen-bond acceptors (Lipinski definition) is 2. The summed E-state index contributed by atoms with van der Waals surface area (Å²) in [6.45, 7) is 3.93. The summed E-state index contributed by atoms with van der Waals surface area (Å²) in [5.41, 5.74) is 0. The Kier molecular flexibility index (Phi) is 4.10. The van der Waals surface area contributed by atoms with E-state index in [2.05, 4.69) is 5.92 Å². The second-order valence-electron chi connectivity index (χ2n) is 2.81. The third-order valence-electron chi connectivity index (χ3n) is 1.25. The predicted molar refractivity (Wildman–Crippen MR) is 40.3 cm³/mol. The summed E-state index contributed by atoms with van der Waals surface area (Å²) in [5.74, 6) is 2.43. The van der Waals surface area contributed by atoms with E-state index in [9.17, 15) is 0 Å². The van der Waals surface area contributed by atoms with Gasteiger partial charge in [0.15, 0.2) is 0 Å². The van der Waals surface area contributed by atoms with Gasteiger partial charge in [-0.05, 0) is 12.3 Å². The summed E-state index contributed by atoms with van der Waals surface area (Å²) >= 11 is 0. The molecule has 0 aromatic rings. The first-order valence-electron chi connectivity index (χ1n) is 3.40. The molecule has 0 aliphatic rings. The molecule has 0 heterocycles. The van der Waals surface area contributed by atoms with Crippen molar-refractivity contribution in [1.82, 2.24) is 0 Å². The molecule has 0 saturated carbocycles. The van der Waals surface area contributed by atoms with Crippen molar-refractivity contribution in [2.45, 2.75) is 32.5 Å². The zero-order valence-corrected chi connectivity index (χ0v) is 6.41. The Balaban J connectivity index is 3.64. The monoisotopic (exact) mass is 142 g/mol. The van der Waals surface area contributed by atoms with Gasteiger partial charge in [-0.3, -0.25) is 0 Å². The van der Waals surface area contributed by atoms with E-state index in [0.29, 0.717) is 12.3 Å². The molecule has 0 aliphatic heterocycles. The second kappa shape index (κ2) is 4.32. The van der Waals surface area contributed by atoms with Gasteiger partial charge in [0.2, 0.25) is 0 Å². The minimum atomic E-state index is -1.01. The highest BCUT2D eigenvalue weighted by Crippen LogP contribution is 2.06. The van der Waals surface area contributed by atoms with Crippen LogP contribution in [0.5, 0.6) is 0 Å². The molecular formula is C8H14O2. The van der Waals surface area contributed by atoms with E-state index in [-0.39, 0.29) is 0 Å². The van der Waals surface area contributed by atoms with E-state index >= 15 is 0 Å². The fourth-order valence-corrected chi connectivity index (χ4v) is 0.723. The fraction of sp³-hybridized carbons (Fsp3) is 0.750. The van der Waals surface area contributed by atoms with Gasteiger partial charge >= 0.3 is 0 Å². The Hall–Kier alpha value is -0.520. The molecule has 0 amide bonds. The number of terminal acetylenes is 1. The van der Waals surface area contributed by atoms with Gasteiger partial charge in [0.05, 0.1) is 6.10 Å². The van der Waals surface area contributed by atoms with Crippen LogP contribution in [0.3, 0.4) is 0 Å². The van der Waals surface area contributed by atoms with Crippen LogP contribution in [0.2, 0.25) is 0 Å². The smallest absolute Gasteiger partial charge is 0.140 e. The quantitative estimate of drug-likeness (QED) is 0.559. The molecule has 0 radical (unpaired) electrons. The molecular weight excluding hydrogens is 128 g/mol. The highest BCUT2D eigenvalue weighted by molar-refractivity contribution is 4.97. The van der Waals surface area contributed by atoms with E-state index in [1.807, 2.05) is 13.8 Å². The molecule has 0 saturated heterocycles. The molecule has 2 heteroatoms. The number of rotatable bonds is 3. The van der Waals surface area contributed by atoms with Gasteiger partial charge in [0.25, 0.3) is 0 Å². The topological polar surface area (TPSA) is 40.5 Å². The Morgan fingerprint density at radius 1 is 1.40 bits per heavy atom. The molecule has 0 fully saturated rings. The van der Waals surface area contributed by atoms with Gasteiger partial charge in [0.1, 0.15) is 6.10 Å². The third kappa shape index (κ3) is 3.49. The van der Waals surface area contributed by atoms with Crippen LogP contribution < -0.4 is 0 Å². The van der Waals surface area contributed by atoms with Gasteiger partial charge in [-0.1, -0.05) is 19.8 Å². The van der Waals surface area contributed by atoms with Crippen LogP contribution in [0.15, 0.2) is 0 Å². The number of hydrogen-bond donors (Lipinski definition) is 2. The minimum absolute atomic E-state index is 0.359. The largest absolute Gasteiger partial charge is 0.389 e. The molecule has 2 atom stereocenters. The Bertz CT molecular complexity index is 124. The van der Waals surface area contributed by atoms with Crippen molar-refractivity contribution in [3.8, 4) is 12.3 Å². The summed E-state index contributed by atoms with van der Waals surface area (Å²) in [6.07, 6.45) is 3.65.